The summed E-state index contributed by atoms with van der Waals surface area (Å²) >= 11 is 9.29. The largest absolute Gasteiger partial charge is 0.457 e. The van der Waals surface area contributed by atoms with Crippen LogP contribution >= 0.6 is 27.5 Å². The van der Waals surface area contributed by atoms with Gasteiger partial charge in [-0.05, 0) is 42.0 Å². The summed E-state index contributed by atoms with van der Waals surface area (Å²) < 4.78 is 30.3. The van der Waals surface area contributed by atoms with E-state index in [1.54, 1.807) is 24.3 Å². The zero-order valence-corrected chi connectivity index (χ0v) is 18.1. The standard InChI is InChI=1S/C20H16BrClN2O4S/c21-14-6-4-13(5-7-14)8-20(25)24-16-10-18(12-19(11-16)29(23,26)27)28-17-3-1-2-15(22)9-17/h1-7,9-12H,8H2,(H,24,25)(H2,23,26,27). The fraction of sp³-hybridized carbons (Fsp3) is 0.0500. The van der Waals surface area contributed by atoms with E-state index >= 15 is 0 Å². The zero-order valence-electron chi connectivity index (χ0n) is 14.9. The van der Waals surface area contributed by atoms with Gasteiger partial charge in [-0.25, -0.2) is 13.6 Å². The number of carbonyl (C=O) groups is 1. The van der Waals surface area contributed by atoms with Crippen molar-refractivity contribution in [2.75, 3.05) is 5.32 Å². The molecule has 0 radical (unpaired) electrons. The van der Waals surface area contributed by atoms with Crippen LogP contribution in [0.3, 0.4) is 0 Å². The van der Waals surface area contributed by atoms with Crippen molar-refractivity contribution >= 4 is 49.1 Å². The molecule has 6 nitrogen and oxygen atoms in total. The summed E-state index contributed by atoms with van der Waals surface area (Å²) in [5, 5.41) is 8.40. The Labute approximate surface area is 181 Å². The van der Waals surface area contributed by atoms with Crippen molar-refractivity contribution in [2.45, 2.75) is 11.3 Å². The summed E-state index contributed by atoms with van der Waals surface area (Å²) in [5.74, 6) is 0.293. The number of benzene rings is 3. The number of nitrogens with two attached hydrogens (primary N) is 1. The average molecular weight is 496 g/mol. The van der Waals surface area contributed by atoms with E-state index in [0.29, 0.717) is 10.8 Å². The summed E-state index contributed by atoms with van der Waals surface area (Å²) in [5.41, 5.74) is 1.05. The average Bonchev–Trinajstić information content (AvgIpc) is 2.63. The van der Waals surface area contributed by atoms with Gasteiger partial charge >= 0.3 is 0 Å². The third-order valence-corrected chi connectivity index (χ3v) is 5.46. The normalized spacial score (nSPS) is 11.1. The Hall–Kier alpha value is -2.39. The summed E-state index contributed by atoms with van der Waals surface area (Å²) in [4.78, 5) is 12.2. The highest BCUT2D eigenvalue weighted by atomic mass is 79.9. The van der Waals surface area contributed by atoms with Gasteiger partial charge in [0.2, 0.25) is 15.9 Å². The molecule has 0 heterocycles. The SMILES string of the molecule is NS(=O)(=O)c1cc(NC(=O)Cc2ccc(Br)cc2)cc(Oc2cccc(Cl)c2)c1. The van der Waals surface area contributed by atoms with Crippen LogP contribution in [0.15, 0.2) is 76.1 Å². The lowest BCUT2D eigenvalue weighted by Crippen LogP contribution is -2.16. The number of primary sulfonamides is 1. The number of carbonyl (C=O) groups excluding carboxylic acids is 1. The molecular formula is C20H16BrClN2O4S. The molecule has 29 heavy (non-hydrogen) atoms. The molecule has 0 saturated carbocycles. The van der Waals surface area contributed by atoms with Gasteiger partial charge in [0, 0.05) is 27.3 Å². The van der Waals surface area contributed by atoms with Crippen molar-refractivity contribution in [3.8, 4) is 11.5 Å². The van der Waals surface area contributed by atoms with Crippen LogP contribution < -0.4 is 15.2 Å². The highest BCUT2D eigenvalue weighted by Gasteiger charge is 2.14. The lowest BCUT2D eigenvalue weighted by atomic mass is 10.1. The van der Waals surface area contributed by atoms with Crippen LogP contribution in [0.5, 0.6) is 11.5 Å². The number of anilines is 1. The number of sulfonamides is 1. The van der Waals surface area contributed by atoms with E-state index < -0.39 is 10.0 Å². The molecule has 150 valence electrons. The van der Waals surface area contributed by atoms with Gasteiger partial charge in [0.05, 0.1) is 11.3 Å². The molecular weight excluding hydrogens is 480 g/mol. The molecule has 0 atom stereocenters. The van der Waals surface area contributed by atoms with Crippen molar-refractivity contribution in [3.63, 3.8) is 0 Å². The van der Waals surface area contributed by atoms with E-state index in [-0.39, 0.29) is 28.7 Å². The predicted octanol–water partition coefficient (Wildman–Crippen LogP) is 4.72. The monoisotopic (exact) mass is 494 g/mol. The maximum Gasteiger partial charge on any atom is 0.238 e. The van der Waals surface area contributed by atoms with Crippen LogP contribution in [0.25, 0.3) is 0 Å². The molecule has 0 bridgehead atoms. The molecule has 1 amide bonds. The minimum absolute atomic E-state index is 0.122. The predicted molar refractivity (Wildman–Crippen MR) is 116 cm³/mol. The molecule has 0 spiro atoms. The molecule has 0 unspecified atom stereocenters. The molecule has 3 aromatic rings. The van der Waals surface area contributed by atoms with E-state index in [1.165, 1.54) is 18.2 Å². The molecule has 0 fully saturated rings. The molecule has 3 rings (SSSR count). The summed E-state index contributed by atoms with van der Waals surface area (Å²) in [6.45, 7) is 0. The number of hydrogen-bond donors (Lipinski definition) is 2. The van der Waals surface area contributed by atoms with Crippen molar-refractivity contribution < 1.29 is 17.9 Å². The van der Waals surface area contributed by atoms with Crippen molar-refractivity contribution in [3.05, 3.63) is 81.8 Å². The number of nitrogens with one attached hydrogen (secondary N) is 1. The Kier molecular flexibility index (Phi) is 6.59. The van der Waals surface area contributed by atoms with Gasteiger partial charge in [-0.2, -0.15) is 0 Å². The van der Waals surface area contributed by atoms with Gasteiger partial charge in [-0.1, -0.05) is 45.7 Å². The van der Waals surface area contributed by atoms with Crippen LogP contribution in [-0.2, 0) is 21.2 Å². The van der Waals surface area contributed by atoms with Gasteiger partial charge in [0.15, 0.2) is 0 Å². The van der Waals surface area contributed by atoms with Crippen LogP contribution in [-0.4, -0.2) is 14.3 Å². The minimum atomic E-state index is -4.01. The van der Waals surface area contributed by atoms with Crippen molar-refractivity contribution in [2.24, 2.45) is 5.14 Å². The van der Waals surface area contributed by atoms with Crippen molar-refractivity contribution in [1.82, 2.24) is 0 Å². The summed E-state index contributed by atoms with van der Waals surface area (Å²) in [6.07, 6.45) is 0.122. The first-order chi connectivity index (χ1) is 13.7. The fourth-order valence-electron chi connectivity index (χ4n) is 2.53. The van der Waals surface area contributed by atoms with Crippen LogP contribution in [0, 0.1) is 0 Å². The fourth-order valence-corrected chi connectivity index (χ4v) is 3.54. The van der Waals surface area contributed by atoms with Gasteiger partial charge in [-0.3, -0.25) is 4.79 Å². The first kappa shape index (κ1) is 21.3. The van der Waals surface area contributed by atoms with Crippen LogP contribution in [0.4, 0.5) is 5.69 Å². The molecule has 3 aromatic carbocycles. The third kappa shape index (κ3) is 6.30. The molecule has 0 aliphatic rings. The van der Waals surface area contributed by atoms with Crippen LogP contribution in [0.1, 0.15) is 5.56 Å². The Morgan fingerprint density at radius 3 is 2.41 bits per heavy atom. The van der Waals surface area contributed by atoms with Gasteiger partial charge in [0.1, 0.15) is 11.5 Å². The third-order valence-electron chi connectivity index (χ3n) is 3.80. The topological polar surface area (TPSA) is 98.5 Å². The van der Waals surface area contributed by atoms with E-state index in [1.807, 2.05) is 24.3 Å². The molecule has 0 aromatic heterocycles. The van der Waals surface area contributed by atoms with E-state index in [0.717, 1.165) is 10.0 Å². The Morgan fingerprint density at radius 2 is 1.76 bits per heavy atom. The molecule has 3 N–H and O–H groups in total. The number of rotatable bonds is 6. The number of hydrogen-bond acceptors (Lipinski definition) is 4. The molecule has 0 saturated heterocycles. The quantitative estimate of drug-likeness (QED) is 0.517. The number of halogens is 2. The Morgan fingerprint density at radius 1 is 1.03 bits per heavy atom. The molecule has 0 aliphatic heterocycles. The number of ether oxygens (including phenoxy) is 1. The Bertz CT molecular complexity index is 1150. The number of amides is 1. The lowest BCUT2D eigenvalue weighted by molar-refractivity contribution is -0.115. The van der Waals surface area contributed by atoms with Gasteiger partial charge in [-0.15, -0.1) is 0 Å². The smallest absolute Gasteiger partial charge is 0.238 e. The maximum absolute atomic E-state index is 12.4. The maximum atomic E-state index is 12.4. The van der Waals surface area contributed by atoms with Crippen LogP contribution in [0.2, 0.25) is 5.02 Å². The van der Waals surface area contributed by atoms with E-state index in [2.05, 4.69) is 21.2 Å². The van der Waals surface area contributed by atoms with Gasteiger partial charge in [0.25, 0.3) is 0 Å². The zero-order chi connectivity index (χ0) is 21.0. The van der Waals surface area contributed by atoms with Gasteiger partial charge < -0.3 is 10.1 Å². The second kappa shape index (κ2) is 8.96. The van der Waals surface area contributed by atoms with E-state index in [4.69, 9.17) is 21.5 Å². The van der Waals surface area contributed by atoms with E-state index in [9.17, 15) is 13.2 Å². The Balaban J connectivity index is 1.85. The van der Waals surface area contributed by atoms with Crippen molar-refractivity contribution in [1.29, 1.82) is 0 Å². The highest BCUT2D eigenvalue weighted by Crippen LogP contribution is 2.29. The summed E-state index contributed by atoms with van der Waals surface area (Å²) in [6, 6.07) is 18.0. The second-order valence-corrected chi connectivity index (χ2v) is 9.06. The first-order valence-electron chi connectivity index (χ1n) is 8.35. The second-order valence-electron chi connectivity index (χ2n) is 6.15. The highest BCUT2D eigenvalue weighted by molar-refractivity contribution is 9.10. The summed E-state index contributed by atoms with van der Waals surface area (Å²) in [7, 11) is -4.01. The minimum Gasteiger partial charge on any atom is -0.457 e. The lowest BCUT2D eigenvalue weighted by Gasteiger charge is -2.12. The molecule has 0 aliphatic carbocycles. The molecule has 9 heteroatoms. The first-order valence-corrected chi connectivity index (χ1v) is 11.1.